The summed E-state index contributed by atoms with van der Waals surface area (Å²) >= 11 is 1.51. The van der Waals surface area contributed by atoms with Gasteiger partial charge in [0.05, 0.1) is 28.8 Å². The number of esters is 1. The van der Waals surface area contributed by atoms with Crippen LogP contribution in [-0.4, -0.2) is 39.8 Å². The quantitative estimate of drug-likeness (QED) is 0.0831. The van der Waals surface area contributed by atoms with Crippen molar-refractivity contribution in [3.05, 3.63) is 95.5 Å². The van der Waals surface area contributed by atoms with Crippen molar-refractivity contribution in [1.82, 2.24) is 0 Å². The Kier molecular flexibility index (Phi) is 12.2. The van der Waals surface area contributed by atoms with E-state index in [4.69, 9.17) is 14.2 Å². The minimum Gasteiger partial charge on any atom is -0.497 e. The highest BCUT2D eigenvalue weighted by Crippen LogP contribution is 2.64. The molecule has 44 heavy (non-hydrogen) atoms. The van der Waals surface area contributed by atoms with Crippen LogP contribution in [-0.2, 0) is 16.0 Å². The van der Waals surface area contributed by atoms with Crippen LogP contribution in [0.2, 0.25) is 0 Å². The number of hydrogen-bond donors (Lipinski definition) is 2. The van der Waals surface area contributed by atoms with Gasteiger partial charge in [-0.15, -0.1) is 11.8 Å². The normalized spacial score (nSPS) is 20.2. The van der Waals surface area contributed by atoms with Crippen molar-refractivity contribution in [3.8, 4) is 11.5 Å². The first-order valence-electron chi connectivity index (χ1n) is 15.2. The summed E-state index contributed by atoms with van der Waals surface area (Å²) < 4.78 is 55.0. The maximum Gasteiger partial charge on any atom is 0.370 e. The third-order valence-electron chi connectivity index (χ3n) is 8.05. The van der Waals surface area contributed by atoms with Crippen molar-refractivity contribution < 1.29 is 32.5 Å². The number of fused-ring (bicyclic) bond motifs is 1. The van der Waals surface area contributed by atoms with Crippen molar-refractivity contribution >= 4 is 28.3 Å². The van der Waals surface area contributed by atoms with Crippen molar-refractivity contribution in [2.75, 3.05) is 19.5 Å². The number of thioether (sulfide) groups is 1. The molecule has 9 heteroatoms. The number of ether oxygens (including phenoxy) is 3. The van der Waals surface area contributed by atoms with Crippen LogP contribution in [0.25, 0.3) is 0 Å². The Hall–Kier alpha value is -2.98. The average molecular weight is 643 g/mol. The summed E-state index contributed by atoms with van der Waals surface area (Å²) in [6.45, 7) is 5.78. The Bertz CT molecular complexity index is 1410. The zero-order chi connectivity index (χ0) is 31.7. The van der Waals surface area contributed by atoms with Crippen LogP contribution in [0, 0.1) is 5.92 Å². The molecule has 4 rings (SSSR count). The first kappa shape index (κ1) is 33.9. The van der Waals surface area contributed by atoms with E-state index in [2.05, 4.69) is 19.1 Å². The largest absolute Gasteiger partial charge is 0.497 e. The third-order valence-corrected chi connectivity index (χ3v) is 11.4. The molecule has 0 aromatic heterocycles. The highest BCUT2D eigenvalue weighted by atomic mass is 32.3. The Morgan fingerprint density at radius 1 is 1.07 bits per heavy atom. The molecule has 0 saturated carbocycles. The molecular weight excluding hydrogens is 600 g/mol. The van der Waals surface area contributed by atoms with Gasteiger partial charge in [-0.1, -0.05) is 69.2 Å². The van der Waals surface area contributed by atoms with E-state index < -0.39 is 27.6 Å². The van der Waals surface area contributed by atoms with Gasteiger partial charge < -0.3 is 14.2 Å². The van der Waals surface area contributed by atoms with E-state index in [0.717, 1.165) is 59.3 Å². The monoisotopic (exact) mass is 642 g/mol. The first-order chi connectivity index (χ1) is 21.2. The Morgan fingerprint density at radius 3 is 2.43 bits per heavy atom. The van der Waals surface area contributed by atoms with Crippen molar-refractivity contribution in [2.45, 2.75) is 73.8 Å². The number of rotatable bonds is 13. The summed E-state index contributed by atoms with van der Waals surface area (Å²) in [6, 6.07) is 21.5. The molecule has 0 amide bonds. The van der Waals surface area contributed by atoms with Crippen LogP contribution in [0.15, 0.2) is 88.6 Å². The maximum atomic E-state index is 14.5. The number of unbranched alkanes of at least 4 members (excludes halogenated alkanes) is 1. The molecular formula is C35H43FO6S2. The second-order valence-electron chi connectivity index (χ2n) is 10.9. The van der Waals surface area contributed by atoms with Crippen LogP contribution in [0.4, 0.5) is 4.39 Å². The topological polar surface area (TPSA) is 85.2 Å². The van der Waals surface area contributed by atoms with Crippen LogP contribution < -0.4 is 9.47 Å². The van der Waals surface area contributed by atoms with E-state index in [1.54, 1.807) is 20.1 Å². The molecule has 1 heterocycles. The molecule has 238 valence electrons. The fraction of sp³-hybridized carbons (Fsp3) is 0.400. The number of carbonyl (C=O) groups excluding carboxylic acids is 1. The lowest BCUT2D eigenvalue weighted by molar-refractivity contribution is -0.140. The third kappa shape index (κ3) is 7.99. The van der Waals surface area contributed by atoms with Gasteiger partial charge in [-0.2, -0.15) is 15.0 Å². The smallest absolute Gasteiger partial charge is 0.370 e. The Labute approximate surface area is 266 Å². The minimum atomic E-state index is -3.40. The standard InChI is InChI=1S/C35H43FO6S2/c1-5-8-12-26-20-28(25-13-10-9-11-14-25)29-21-32(43-7-3)31(42-23-30(36)35(37)41-6-2)22-34(29)44(38,39)33(26)19-24-15-17-27(40-4)18-16-24/h9-11,13-18,21-23,26,28,33,38-39H,5-8,12,19-20H2,1-4H3/b30-23-. The molecule has 0 fully saturated rings. The molecule has 1 aliphatic heterocycles. The molecule has 2 N–H and O–H groups in total. The van der Waals surface area contributed by atoms with Crippen molar-refractivity contribution in [2.24, 2.45) is 5.92 Å². The van der Waals surface area contributed by atoms with Crippen LogP contribution in [0.3, 0.4) is 0 Å². The number of hydrogen-bond acceptors (Lipinski definition) is 7. The molecule has 3 aromatic rings. The molecule has 0 aliphatic carbocycles. The molecule has 3 aromatic carbocycles. The molecule has 0 bridgehead atoms. The van der Waals surface area contributed by atoms with E-state index in [-0.39, 0.29) is 24.2 Å². The number of carbonyl (C=O) groups is 1. The van der Waals surface area contributed by atoms with Crippen LogP contribution in [0.5, 0.6) is 11.5 Å². The van der Waals surface area contributed by atoms with Gasteiger partial charge in [0.15, 0.2) is 0 Å². The van der Waals surface area contributed by atoms with E-state index >= 15 is 0 Å². The second-order valence-corrected chi connectivity index (χ2v) is 14.4. The summed E-state index contributed by atoms with van der Waals surface area (Å²) in [6.07, 6.45) is 4.79. The molecule has 0 radical (unpaired) electrons. The van der Waals surface area contributed by atoms with E-state index in [9.17, 15) is 18.3 Å². The average Bonchev–Trinajstić information content (AvgIpc) is 3.11. The van der Waals surface area contributed by atoms with Crippen molar-refractivity contribution in [3.63, 3.8) is 0 Å². The molecule has 6 nitrogen and oxygen atoms in total. The van der Waals surface area contributed by atoms with Gasteiger partial charge in [-0.3, -0.25) is 9.11 Å². The summed E-state index contributed by atoms with van der Waals surface area (Å²) in [5.41, 5.74) is 2.93. The lowest BCUT2D eigenvalue weighted by Gasteiger charge is -2.43. The number of halogens is 1. The molecule has 3 unspecified atom stereocenters. The summed E-state index contributed by atoms with van der Waals surface area (Å²) in [4.78, 5) is 13.0. The fourth-order valence-corrected chi connectivity index (χ4v) is 9.01. The number of benzene rings is 3. The lowest BCUT2D eigenvalue weighted by atomic mass is 9.80. The summed E-state index contributed by atoms with van der Waals surface area (Å²) in [7, 11) is -1.78. The van der Waals surface area contributed by atoms with Gasteiger partial charge in [0, 0.05) is 12.0 Å². The predicted molar refractivity (Wildman–Crippen MR) is 177 cm³/mol. The summed E-state index contributed by atoms with van der Waals surface area (Å²) in [5.74, 6) is -0.630. The molecule has 1 aliphatic rings. The second kappa shape index (κ2) is 15.8. The van der Waals surface area contributed by atoms with Gasteiger partial charge in [0.25, 0.3) is 0 Å². The van der Waals surface area contributed by atoms with Crippen LogP contribution in [0.1, 0.15) is 69.1 Å². The zero-order valence-corrected chi connectivity index (χ0v) is 27.5. The van der Waals surface area contributed by atoms with Gasteiger partial charge in [0.2, 0.25) is 5.83 Å². The number of methoxy groups -OCH3 is 1. The lowest BCUT2D eigenvalue weighted by Crippen LogP contribution is -2.29. The molecule has 3 atom stereocenters. The van der Waals surface area contributed by atoms with Gasteiger partial charge >= 0.3 is 5.97 Å². The highest BCUT2D eigenvalue weighted by Gasteiger charge is 2.42. The van der Waals surface area contributed by atoms with Crippen LogP contribution >= 0.6 is 22.4 Å². The summed E-state index contributed by atoms with van der Waals surface area (Å²) in [5, 5.41) is -0.459. The van der Waals surface area contributed by atoms with Crippen molar-refractivity contribution in [1.29, 1.82) is 0 Å². The maximum absolute atomic E-state index is 14.5. The van der Waals surface area contributed by atoms with Gasteiger partial charge in [-0.25, -0.2) is 4.79 Å². The predicted octanol–water partition coefficient (Wildman–Crippen LogP) is 9.62. The van der Waals surface area contributed by atoms with E-state index in [1.165, 1.54) is 11.8 Å². The van der Waals surface area contributed by atoms with Gasteiger partial charge in [-0.05, 0) is 72.7 Å². The van der Waals surface area contributed by atoms with E-state index in [1.807, 2.05) is 55.5 Å². The minimum absolute atomic E-state index is 0.0208. The fourth-order valence-electron chi connectivity index (χ4n) is 5.87. The Balaban J connectivity index is 1.89. The highest BCUT2D eigenvalue weighted by molar-refractivity contribution is 8.25. The molecule has 0 spiro atoms. The SMILES string of the molecule is CCCCC1CC(c2ccccc2)c2cc(SCC)c(O/C=C(\F)C(=O)OCC)cc2S(O)(O)C1Cc1ccc(OC)cc1. The Morgan fingerprint density at radius 2 is 1.80 bits per heavy atom. The van der Waals surface area contributed by atoms with E-state index in [0.29, 0.717) is 17.1 Å². The zero-order valence-electron chi connectivity index (χ0n) is 25.8. The van der Waals surface area contributed by atoms with Gasteiger partial charge in [0.1, 0.15) is 17.8 Å². The molecule has 0 saturated heterocycles. The first-order valence-corrected chi connectivity index (χ1v) is 17.8.